The molecule has 1 heterocycles. The van der Waals surface area contributed by atoms with Gasteiger partial charge >= 0.3 is 12.1 Å². The van der Waals surface area contributed by atoms with Crippen molar-refractivity contribution < 1.29 is 38.1 Å². The first-order valence-corrected chi connectivity index (χ1v) is 11.4. The summed E-state index contributed by atoms with van der Waals surface area (Å²) in [7, 11) is 0. The summed E-state index contributed by atoms with van der Waals surface area (Å²) in [5.41, 5.74) is 1.29. The van der Waals surface area contributed by atoms with Crippen LogP contribution in [0.15, 0.2) is 35.5 Å². The van der Waals surface area contributed by atoms with E-state index in [1.54, 1.807) is 6.92 Å². The van der Waals surface area contributed by atoms with Gasteiger partial charge in [-0.25, -0.2) is 4.79 Å². The fraction of sp³-hybridized carbons (Fsp3) is 0.333. The van der Waals surface area contributed by atoms with Crippen LogP contribution in [0.5, 0.6) is 11.5 Å². The lowest BCUT2D eigenvalue weighted by Gasteiger charge is -2.12. The van der Waals surface area contributed by atoms with Crippen LogP contribution in [0.25, 0.3) is 10.1 Å². The number of aliphatic carboxylic acids is 1. The maximum atomic E-state index is 13.1. The zero-order valence-corrected chi connectivity index (χ0v) is 19.4. The van der Waals surface area contributed by atoms with Gasteiger partial charge in [-0.3, -0.25) is 0 Å². The van der Waals surface area contributed by atoms with Gasteiger partial charge in [-0.2, -0.15) is 13.2 Å². The number of alkyl halides is 3. The van der Waals surface area contributed by atoms with Crippen molar-refractivity contribution in [3.63, 3.8) is 0 Å². The first kappa shape index (κ1) is 25.4. The van der Waals surface area contributed by atoms with Crippen LogP contribution in [-0.4, -0.2) is 33.7 Å². The maximum Gasteiger partial charge on any atom is 0.416 e. The SMILES string of the molecule is CCCc1c(CC/C(=N\O)c2cc(C)c(OCC(=O)O)cc2O)sc2cc(C(F)(F)F)ccc12. The standard InChI is InChI=1S/C24H24F3NO5S/c1-3-4-15-16-6-5-14(24(25,26)27)10-22(16)34-21(15)8-7-18(28-32)17-9-13(2)20(11-19(17)29)33-12-23(30)31/h5-6,9-11,29,32H,3-4,7-8,12H2,1-2H3,(H,30,31)/b28-18+. The van der Waals surface area contributed by atoms with E-state index >= 15 is 0 Å². The second kappa shape index (κ2) is 10.3. The number of oxime groups is 1. The predicted octanol–water partition coefficient (Wildman–Crippen LogP) is 6.16. The Bertz CT molecular complexity index is 1230. The largest absolute Gasteiger partial charge is 0.507 e. The van der Waals surface area contributed by atoms with Crippen molar-refractivity contribution in [1.29, 1.82) is 0 Å². The zero-order chi connectivity index (χ0) is 25.0. The Kier molecular flexibility index (Phi) is 7.71. The van der Waals surface area contributed by atoms with Gasteiger partial charge in [0.15, 0.2) is 6.61 Å². The fourth-order valence-corrected chi connectivity index (χ4v) is 5.07. The lowest BCUT2D eigenvalue weighted by atomic mass is 9.98. The number of hydrogen-bond donors (Lipinski definition) is 3. The summed E-state index contributed by atoms with van der Waals surface area (Å²) in [6, 6.07) is 6.56. The lowest BCUT2D eigenvalue weighted by Crippen LogP contribution is -2.11. The topological polar surface area (TPSA) is 99.4 Å². The Morgan fingerprint density at radius 2 is 1.91 bits per heavy atom. The summed E-state index contributed by atoms with van der Waals surface area (Å²) < 4.78 is 45.1. The number of ether oxygens (including phenoxy) is 1. The number of aryl methyl sites for hydroxylation is 3. The Labute approximate surface area is 197 Å². The molecule has 3 aromatic rings. The zero-order valence-electron chi connectivity index (χ0n) is 18.6. The van der Waals surface area contributed by atoms with E-state index in [0.717, 1.165) is 34.4 Å². The third-order valence-electron chi connectivity index (χ3n) is 5.37. The van der Waals surface area contributed by atoms with E-state index in [-0.39, 0.29) is 29.2 Å². The van der Waals surface area contributed by atoms with Crippen molar-refractivity contribution in [2.24, 2.45) is 5.16 Å². The summed E-state index contributed by atoms with van der Waals surface area (Å²) in [4.78, 5) is 11.6. The van der Waals surface area contributed by atoms with E-state index in [9.17, 15) is 28.3 Å². The number of carboxylic acids is 1. The molecule has 0 aliphatic heterocycles. The second-order valence-electron chi connectivity index (χ2n) is 7.83. The smallest absolute Gasteiger partial charge is 0.416 e. The van der Waals surface area contributed by atoms with E-state index in [0.29, 0.717) is 23.1 Å². The van der Waals surface area contributed by atoms with E-state index in [2.05, 4.69) is 5.16 Å². The maximum absolute atomic E-state index is 13.1. The van der Waals surface area contributed by atoms with E-state index in [1.165, 1.54) is 29.5 Å². The van der Waals surface area contributed by atoms with E-state index < -0.39 is 24.3 Å². The molecule has 2 aromatic carbocycles. The third kappa shape index (κ3) is 5.61. The molecule has 0 saturated carbocycles. The molecule has 0 fully saturated rings. The van der Waals surface area contributed by atoms with Crippen LogP contribution in [0.1, 0.15) is 46.9 Å². The number of aromatic hydroxyl groups is 1. The number of phenols is 1. The van der Waals surface area contributed by atoms with Crippen LogP contribution < -0.4 is 4.74 Å². The minimum atomic E-state index is -4.42. The quantitative estimate of drug-likeness (QED) is 0.188. The highest BCUT2D eigenvalue weighted by atomic mass is 32.1. The van der Waals surface area contributed by atoms with Crippen LogP contribution in [-0.2, 0) is 23.8 Å². The van der Waals surface area contributed by atoms with Gasteiger partial charge in [-0.05, 0) is 60.9 Å². The van der Waals surface area contributed by atoms with Gasteiger partial charge in [0.25, 0.3) is 0 Å². The average Bonchev–Trinajstić information content (AvgIpc) is 3.11. The molecule has 6 nitrogen and oxygen atoms in total. The Hall–Kier alpha value is -3.27. The number of nitrogens with zero attached hydrogens (tertiary/aromatic N) is 1. The second-order valence-corrected chi connectivity index (χ2v) is 8.96. The van der Waals surface area contributed by atoms with Gasteiger partial charge in [0.1, 0.15) is 11.5 Å². The van der Waals surface area contributed by atoms with E-state index in [4.69, 9.17) is 9.84 Å². The molecule has 10 heteroatoms. The van der Waals surface area contributed by atoms with Gasteiger partial charge in [0.05, 0.1) is 11.3 Å². The van der Waals surface area contributed by atoms with Crippen LogP contribution in [0.2, 0.25) is 0 Å². The highest BCUT2D eigenvalue weighted by Gasteiger charge is 2.31. The van der Waals surface area contributed by atoms with Crippen molar-refractivity contribution in [2.75, 3.05) is 6.61 Å². The molecule has 0 amide bonds. The molecule has 182 valence electrons. The number of carbonyl (C=O) groups is 1. The number of halogens is 3. The molecule has 0 radical (unpaired) electrons. The number of rotatable bonds is 9. The van der Waals surface area contributed by atoms with Crippen molar-refractivity contribution in [3.05, 3.63) is 57.5 Å². The van der Waals surface area contributed by atoms with Gasteiger partial charge in [0.2, 0.25) is 0 Å². The van der Waals surface area contributed by atoms with Gasteiger partial charge in [-0.1, -0.05) is 24.6 Å². The number of thiophene rings is 1. The molecule has 3 rings (SSSR count). The minimum Gasteiger partial charge on any atom is -0.507 e. The molecule has 34 heavy (non-hydrogen) atoms. The molecule has 0 atom stereocenters. The summed E-state index contributed by atoms with van der Waals surface area (Å²) in [5.74, 6) is -1.20. The van der Waals surface area contributed by atoms with Crippen LogP contribution in [0, 0.1) is 6.92 Å². The van der Waals surface area contributed by atoms with Crippen molar-refractivity contribution in [2.45, 2.75) is 45.7 Å². The fourth-order valence-electron chi connectivity index (χ4n) is 3.78. The number of benzene rings is 2. The minimum absolute atomic E-state index is 0.191. The molecular formula is C24H24F3NO5S. The summed E-state index contributed by atoms with van der Waals surface area (Å²) in [5, 5.41) is 32.9. The van der Waals surface area contributed by atoms with Gasteiger partial charge < -0.3 is 20.2 Å². The first-order chi connectivity index (χ1) is 16.0. The van der Waals surface area contributed by atoms with Gasteiger partial charge in [0, 0.05) is 21.2 Å². The Morgan fingerprint density at radius 3 is 2.53 bits per heavy atom. The third-order valence-corrected chi connectivity index (χ3v) is 6.62. The predicted molar refractivity (Wildman–Crippen MR) is 123 cm³/mol. The Morgan fingerprint density at radius 1 is 1.18 bits per heavy atom. The van der Waals surface area contributed by atoms with Crippen LogP contribution in [0.4, 0.5) is 13.2 Å². The first-order valence-electron chi connectivity index (χ1n) is 10.6. The molecule has 0 bridgehead atoms. The molecule has 3 N–H and O–H groups in total. The van der Waals surface area contributed by atoms with Gasteiger partial charge in [-0.15, -0.1) is 11.3 Å². The van der Waals surface area contributed by atoms with Crippen molar-refractivity contribution >= 4 is 33.1 Å². The summed E-state index contributed by atoms with van der Waals surface area (Å²) >= 11 is 1.29. The molecule has 1 aromatic heterocycles. The molecule has 0 aliphatic carbocycles. The molecule has 0 unspecified atom stereocenters. The summed E-state index contributed by atoms with van der Waals surface area (Å²) in [6.07, 6.45) is -2.26. The highest BCUT2D eigenvalue weighted by Crippen LogP contribution is 2.38. The number of phenolic OH excluding ortho intramolecular Hbond substituents is 1. The number of carboxylic acid groups (broad SMARTS) is 1. The normalized spacial score (nSPS) is 12.3. The summed E-state index contributed by atoms with van der Waals surface area (Å²) in [6.45, 7) is 3.09. The van der Waals surface area contributed by atoms with E-state index in [1.807, 2.05) is 6.92 Å². The Balaban J connectivity index is 1.88. The molecule has 0 saturated heterocycles. The monoisotopic (exact) mass is 495 g/mol. The number of fused-ring (bicyclic) bond motifs is 1. The molecule has 0 spiro atoms. The van der Waals surface area contributed by atoms with Crippen LogP contribution in [0.3, 0.4) is 0 Å². The van der Waals surface area contributed by atoms with Crippen molar-refractivity contribution in [1.82, 2.24) is 0 Å². The average molecular weight is 496 g/mol. The molecular weight excluding hydrogens is 471 g/mol. The lowest BCUT2D eigenvalue weighted by molar-refractivity contribution is -0.139. The highest BCUT2D eigenvalue weighted by molar-refractivity contribution is 7.19. The van der Waals surface area contributed by atoms with Crippen LogP contribution >= 0.6 is 11.3 Å². The van der Waals surface area contributed by atoms with Crippen molar-refractivity contribution in [3.8, 4) is 11.5 Å². The number of hydrogen-bond acceptors (Lipinski definition) is 6. The molecule has 0 aliphatic rings.